The summed E-state index contributed by atoms with van der Waals surface area (Å²) >= 11 is 1.52. The van der Waals surface area contributed by atoms with Gasteiger partial charge < -0.3 is 10.7 Å². The van der Waals surface area contributed by atoms with Gasteiger partial charge >= 0.3 is 0 Å². The van der Waals surface area contributed by atoms with Crippen LogP contribution in [0.1, 0.15) is 4.88 Å². The Hall–Kier alpha value is -1.20. The molecule has 0 saturated heterocycles. The van der Waals surface area contributed by atoms with E-state index in [2.05, 4.69) is 9.97 Å². The molecule has 0 aliphatic carbocycles. The van der Waals surface area contributed by atoms with Crippen LogP contribution in [0.25, 0.3) is 10.2 Å². The van der Waals surface area contributed by atoms with Gasteiger partial charge in [0.05, 0.1) is 11.7 Å². The topological polar surface area (TPSA) is 71.8 Å². The first-order valence-electron chi connectivity index (χ1n) is 3.97. The zero-order valence-electron chi connectivity index (χ0n) is 6.91. The summed E-state index contributed by atoms with van der Waals surface area (Å²) in [4.78, 5) is 19.8. The second kappa shape index (κ2) is 3.27. The van der Waals surface area contributed by atoms with Crippen molar-refractivity contribution in [3.8, 4) is 0 Å². The van der Waals surface area contributed by atoms with Crippen molar-refractivity contribution >= 4 is 21.6 Å². The molecule has 0 amide bonds. The molecule has 2 aromatic heterocycles. The van der Waals surface area contributed by atoms with Crippen molar-refractivity contribution in [2.75, 3.05) is 6.54 Å². The average Bonchev–Trinajstić information content (AvgIpc) is 2.49. The quantitative estimate of drug-likeness (QED) is 0.732. The molecule has 2 aromatic rings. The molecule has 13 heavy (non-hydrogen) atoms. The lowest BCUT2D eigenvalue weighted by Crippen LogP contribution is -2.04. The molecule has 0 radical (unpaired) electrons. The van der Waals surface area contributed by atoms with E-state index in [1.54, 1.807) is 0 Å². The third-order valence-corrected chi connectivity index (χ3v) is 2.88. The number of thiophene rings is 1. The van der Waals surface area contributed by atoms with E-state index < -0.39 is 0 Å². The Labute approximate surface area is 78.4 Å². The highest BCUT2D eigenvalue weighted by Gasteiger charge is 2.04. The van der Waals surface area contributed by atoms with Gasteiger partial charge in [0.2, 0.25) is 0 Å². The number of nitrogens with two attached hydrogens (primary N) is 1. The lowest BCUT2D eigenvalue weighted by molar-refractivity contribution is 0.989. The monoisotopic (exact) mass is 195 g/mol. The Morgan fingerprint density at radius 1 is 1.62 bits per heavy atom. The van der Waals surface area contributed by atoms with E-state index >= 15 is 0 Å². The van der Waals surface area contributed by atoms with Crippen molar-refractivity contribution < 1.29 is 0 Å². The van der Waals surface area contributed by atoms with Crippen LogP contribution in [0.15, 0.2) is 17.2 Å². The third kappa shape index (κ3) is 1.48. The van der Waals surface area contributed by atoms with Crippen LogP contribution in [0.4, 0.5) is 0 Å². The Bertz CT molecular complexity index is 473. The third-order valence-electron chi connectivity index (χ3n) is 1.78. The van der Waals surface area contributed by atoms with Gasteiger partial charge in [0.15, 0.2) is 0 Å². The summed E-state index contributed by atoms with van der Waals surface area (Å²) in [5.41, 5.74) is 5.34. The summed E-state index contributed by atoms with van der Waals surface area (Å²) in [6.07, 6.45) is 2.23. The summed E-state index contributed by atoms with van der Waals surface area (Å²) in [6.45, 7) is 0.602. The minimum absolute atomic E-state index is 0.0791. The van der Waals surface area contributed by atoms with Gasteiger partial charge in [0.1, 0.15) is 4.83 Å². The van der Waals surface area contributed by atoms with Gasteiger partial charge in [0.25, 0.3) is 5.56 Å². The van der Waals surface area contributed by atoms with Gasteiger partial charge in [-0.3, -0.25) is 4.79 Å². The fourth-order valence-electron chi connectivity index (χ4n) is 1.18. The molecule has 2 heterocycles. The molecule has 4 nitrogen and oxygen atoms in total. The Balaban J connectivity index is 2.62. The van der Waals surface area contributed by atoms with Crippen molar-refractivity contribution in [1.29, 1.82) is 0 Å². The molecule has 3 N–H and O–H groups in total. The van der Waals surface area contributed by atoms with Crippen LogP contribution < -0.4 is 11.3 Å². The molecule has 0 aromatic carbocycles. The predicted octanol–water partition coefficient (Wildman–Crippen LogP) is 0.486. The first kappa shape index (κ1) is 8.40. The lowest BCUT2D eigenvalue weighted by Gasteiger charge is -1.86. The number of nitrogens with zero attached hydrogens (tertiary/aromatic N) is 1. The summed E-state index contributed by atoms with van der Waals surface area (Å²) in [7, 11) is 0. The minimum Gasteiger partial charge on any atom is -0.330 e. The fraction of sp³-hybridized carbons (Fsp3) is 0.250. The van der Waals surface area contributed by atoms with Crippen LogP contribution in [-0.2, 0) is 6.42 Å². The smallest absolute Gasteiger partial charge is 0.259 e. The Morgan fingerprint density at radius 3 is 3.15 bits per heavy atom. The fourth-order valence-corrected chi connectivity index (χ4v) is 2.19. The summed E-state index contributed by atoms with van der Waals surface area (Å²) in [5.74, 6) is 0. The first-order valence-corrected chi connectivity index (χ1v) is 4.79. The molecule has 2 rings (SSSR count). The molecule has 5 heteroatoms. The van der Waals surface area contributed by atoms with Crippen LogP contribution in [0.5, 0.6) is 0 Å². The highest BCUT2D eigenvalue weighted by atomic mass is 32.1. The standard InChI is InChI=1S/C8H9N3OS/c9-2-1-5-3-6-7(12)10-4-11-8(6)13-5/h3-4H,1-2,9H2,(H,10,11,12). The summed E-state index contributed by atoms with van der Waals surface area (Å²) in [6, 6.07) is 1.86. The SMILES string of the molecule is NCCc1cc2c(=O)[nH]cnc2s1. The largest absolute Gasteiger partial charge is 0.330 e. The molecule has 0 aliphatic rings. The maximum atomic E-state index is 11.3. The van der Waals surface area contributed by atoms with E-state index in [1.165, 1.54) is 17.7 Å². The summed E-state index contributed by atoms with van der Waals surface area (Å²) in [5, 5.41) is 0.663. The number of aromatic amines is 1. The summed E-state index contributed by atoms with van der Waals surface area (Å²) < 4.78 is 0. The van der Waals surface area contributed by atoms with Gasteiger partial charge in [-0.25, -0.2) is 4.98 Å². The second-order valence-electron chi connectivity index (χ2n) is 2.70. The van der Waals surface area contributed by atoms with Crippen LogP contribution >= 0.6 is 11.3 Å². The van der Waals surface area contributed by atoms with E-state index in [1.807, 2.05) is 6.07 Å². The number of fused-ring (bicyclic) bond motifs is 1. The van der Waals surface area contributed by atoms with Crippen molar-refractivity contribution in [2.24, 2.45) is 5.73 Å². The number of hydrogen-bond donors (Lipinski definition) is 2. The van der Waals surface area contributed by atoms with Crippen molar-refractivity contribution in [3.63, 3.8) is 0 Å². The van der Waals surface area contributed by atoms with Crippen molar-refractivity contribution in [3.05, 3.63) is 27.6 Å². The van der Waals surface area contributed by atoms with Crippen LogP contribution in [0, 0.1) is 0 Å². The molecule has 0 aliphatic heterocycles. The molecule has 0 bridgehead atoms. The zero-order valence-corrected chi connectivity index (χ0v) is 7.73. The Morgan fingerprint density at radius 2 is 2.46 bits per heavy atom. The first-order chi connectivity index (χ1) is 6.31. The number of hydrogen-bond acceptors (Lipinski definition) is 4. The molecule has 0 saturated carbocycles. The second-order valence-corrected chi connectivity index (χ2v) is 3.82. The van der Waals surface area contributed by atoms with E-state index in [0.29, 0.717) is 11.9 Å². The van der Waals surface area contributed by atoms with E-state index in [0.717, 1.165) is 16.1 Å². The van der Waals surface area contributed by atoms with E-state index in [-0.39, 0.29) is 5.56 Å². The zero-order chi connectivity index (χ0) is 9.26. The van der Waals surface area contributed by atoms with Crippen molar-refractivity contribution in [1.82, 2.24) is 9.97 Å². The van der Waals surface area contributed by atoms with Gasteiger partial charge in [-0.1, -0.05) is 0 Å². The normalized spacial score (nSPS) is 10.8. The number of nitrogens with one attached hydrogen (secondary N) is 1. The maximum absolute atomic E-state index is 11.3. The average molecular weight is 195 g/mol. The van der Waals surface area contributed by atoms with Gasteiger partial charge in [0, 0.05) is 4.88 Å². The molecule has 0 fully saturated rings. The van der Waals surface area contributed by atoms with Crippen molar-refractivity contribution in [2.45, 2.75) is 6.42 Å². The number of rotatable bonds is 2. The molecular weight excluding hydrogens is 186 g/mol. The predicted molar refractivity (Wildman–Crippen MR) is 53.0 cm³/mol. The number of aromatic nitrogens is 2. The maximum Gasteiger partial charge on any atom is 0.259 e. The minimum atomic E-state index is -0.0791. The van der Waals surface area contributed by atoms with Crippen LogP contribution in [0.3, 0.4) is 0 Å². The Kier molecular flexibility index (Phi) is 2.12. The molecular formula is C8H9N3OS. The lowest BCUT2D eigenvalue weighted by atomic mass is 10.3. The highest BCUT2D eigenvalue weighted by Crippen LogP contribution is 2.20. The van der Waals surface area contributed by atoms with E-state index in [4.69, 9.17) is 5.73 Å². The molecule has 0 spiro atoms. The van der Waals surface area contributed by atoms with Gasteiger partial charge in [-0.05, 0) is 19.0 Å². The number of H-pyrrole nitrogens is 1. The van der Waals surface area contributed by atoms with Crippen LogP contribution in [-0.4, -0.2) is 16.5 Å². The molecule has 68 valence electrons. The molecule has 0 atom stereocenters. The van der Waals surface area contributed by atoms with Crippen LogP contribution in [0.2, 0.25) is 0 Å². The van der Waals surface area contributed by atoms with Gasteiger partial charge in [-0.2, -0.15) is 0 Å². The molecule has 0 unspecified atom stereocenters. The van der Waals surface area contributed by atoms with Gasteiger partial charge in [-0.15, -0.1) is 11.3 Å². The highest BCUT2D eigenvalue weighted by molar-refractivity contribution is 7.18. The van der Waals surface area contributed by atoms with E-state index in [9.17, 15) is 4.79 Å².